The standard InChI is InChI=1S/C17H21N3/c1-14(16-11-7-2-3-8-12-16)19-17(20-18)13-15-9-5-4-6-10-15/h2,4-12,14H,3,13,18H2,1H3,(H,19,20). The van der Waals surface area contributed by atoms with E-state index >= 15 is 0 Å². The van der Waals surface area contributed by atoms with Gasteiger partial charge in [-0.1, -0.05) is 60.7 Å². The van der Waals surface area contributed by atoms with Crippen molar-refractivity contribution in [3.63, 3.8) is 0 Å². The van der Waals surface area contributed by atoms with Crippen LogP contribution in [-0.4, -0.2) is 11.9 Å². The highest BCUT2D eigenvalue weighted by atomic mass is 15.2. The summed E-state index contributed by atoms with van der Waals surface area (Å²) in [6.07, 6.45) is 12.3. The molecule has 0 amide bonds. The predicted molar refractivity (Wildman–Crippen MR) is 85.3 cm³/mol. The Morgan fingerprint density at radius 2 is 2.10 bits per heavy atom. The van der Waals surface area contributed by atoms with E-state index in [2.05, 4.69) is 59.9 Å². The molecule has 0 heterocycles. The molecule has 0 radical (unpaired) electrons. The lowest BCUT2D eigenvalue weighted by atomic mass is 10.1. The monoisotopic (exact) mass is 267 g/mol. The van der Waals surface area contributed by atoms with E-state index < -0.39 is 0 Å². The maximum Gasteiger partial charge on any atom is 0.115 e. The number of allylic oxidation sites excluding steroid dienone is 4. The number of hydrazine groups is 1. The van der Waals surface area contributed by atoms with E-state index in [1.54, 1.807) is 0 Å². The Morgan fingerprint density at radius 1 is 1.30 bits per heavy atom. The Kier molecular flexibility index (Phi) is 5.33. The van der Waals surface area contributed by atoms with Crippen molar-refractivity contribution in [1.82, 2.24) is 5.43 Å². The smallest absolute Gasteiger partial charge is 0.115 e. The highest BCUT2D eigenvalue weighted by molar-refractivity contribution is 5.84. The van der Waals surface area contributed by atoms with Crippen LogP contribution in [0.3, 0.4) is 0 Å². The van der Waals surface area contributed by atoms with Gasteiger partial charge in [0.05, 0.1) is 6.04 Å². The van der Waals surface area contributed by atoms with Gasteiger partial charge in [0.15, 0.2) is 0 Å². The molecule has 1 aromatic carbocycles. The quantitative estimate of drug-likeness (QED) is 0.381. The summed E-state index contributed by atoms with van der Waals surface area (Å²) in [6.45, 7) is 2.08. The summed E-state index contributed by atoms with van der Waals surface area (Å²) in [5.41, 5.74) is 5.11. The molecule has 1 aliphatic rings. The van der Waals surface area contributed by atoms with Crippen molar-refractivity contribution in [3.05, 3.63) is 71.8 Å². The van der Waals surface area contributed by atoms with Crippen molar-refractivity contribution in [1.29, 1.82) is 0 Å². The lowest BCUT2D eigenvalue weighted by molar-refractivity contribution is 0.851. The minimum Gasteiger partial charge on any atom is -0.312 e. The first-order chi connectivity index (χ1) is 9.79. The number of nitrogens with zero attached hydrogens (tertiary/aromatic N) is 1. The summed E-state index contributed by atoms with van der Waals surface area (Å²) in [7, 11) is 0. The van der Waals surface area contributed by atoms with Crippen LogP contribution < -0.4 is 11.3 Å². The topological polar surface area (TPSA) is 50.4 Å². The fourth-order valence-corrected chi connectivity index (χ4v) is 2.11. The molecule has 0 spiro atoms. The van der Waals surface area contributed by atoms with E-state index in [-0.39, 0.29) is 6.04 Å². The summed E-state index contributed by atoms with van der Waals surface area (Å²) < 4.78 is 0. The Bertz CT molecular complexity index is 539. The number of benzene rings is 1. The van der Waals surface area contributed by atoms with E-state index in [4.69, 9.17) is 5.84 Å². The van der Waals surface area contributed by atoms with Crippen LogP contribution in [0.1, 0.15) is 18.9 Å². The van der Waals surface area contributed by atoms with Crippen molar-refractivity contribution >= 4 is 5.84 Å². The Hall–Kier alpha value is -2.13. The number of hydrogen-bond acceptors (Lipinski definition) is 2. The fraction of sp³-hybridized carbons (Fsp3) is 0.235. The van der Waals surface area contributed by atoms with Crippen molar-refractivity contribution in [2.24, 2.45) is 10.8 Å². The highest BCUT2D eigenvalue weighted by Crippen LogP contribution is 2.12. The molecule has 3 heteroatoms. The van der Waals surface area contributed by atoms with Gasteiger partial charge in [0, 0.05) is 6.42 Å². The number of nitrogens with one attached hydrogen (secondary N) is 1. The molecule has 3 nitrogen and oxygen atoms in total. The summed E-state index contributed by atoms with van der Waals surface area (Å²) in [5, 5.41) is 0. The average Bonchev–Trinajstić information content (AvgIpc) is 2.76. The van der Waals surface area contributed by atoms with Gasteiger partial charge < -0.3 is 5.43 Å². The number of amidine groups is 1. The van der Waals surface area contributed by atoms with Crippen molar-refractivity contribution < 1.29 is 0 Å². The molecule has 0 bridgehead atoms. The molecule has 20 heavy (non-hydrogen) atoms. The summed E-state index contributed by atoms with van der Waals surface area (Å²) in [4.78, 5) is 4.68. The van der Waals surface area contributed by atoms with Gasteiger partial charge in [-0.2, -0.15) is 0 Å². The van der Waals surface area contributed by atoms with E-state index in [0.29, 0.717) is 6.42 Å². The third kappa shape index (κ3) is 4.21. The van der Waals surface area contributed by atoms with Crippen LogP contribution in [-0.2, 0) is 6.42 Å². The summed E-state index contributed by atoms with van der Waals surface area (Å²) in [6, 6.07) is 10.3. The molecule has 0 saturated heterocycles. The van der Waals surface area contributed by atoms with Gasteiger partial charge in [0.25, 0.3) is 0 Å². The van der Waals surface area contributed by atoms with E-state index in [9.17, 15) is 0 Å². The molecule has 0 aliphatic heterocycles. The van der Waals surface area contributed by atoms with Crippen LogP contribution in [0.4, 0.5) is 0 Å². The number of rotatable bonds is 4. The molecule has 2 rings (SSSR count). The van der Waals surface area contributed by atoms with E-state index in [0.717, 1.165) is 12.3 Å². The normalized spacial score (nSPS) is 16.5. The van der Waals surface area contributed by atoms with E-state index in [1.807, 2.05) is 18.2 Å². The maximum atomic E-state index is 5.60. The van der Waals surface area contributed by atoms with E-state index in [1.165, 1.54) is 11.1 Å². The predicted octanol–water partition coefficient (Wildman–Crippen LogP) is 2.92. The summed E-state index contributed by atoms with van der Waals surface area (Å²) in [5.74, 6) is 6.39. The first kappa shape index (κ1) is 14.3. The largest absolute Gasteiger partial charge is 0.312 e. The second-order valence-electron chi connectivity index (χ2n) is 4.79. The molecule has 104 valence electrons. The molecule has 0 saturated carbocycles. The summed E-state index contributed by atoms with van der Waals surface area (Å²) >= 11 is 0. The van der Waals surface area contributed by atoms with Gasteiger partial charge in [-0.25, -0.2) is 5.84 Å². The zero-order valence-electron chi connectivity index (χ0n) is 11.8. The first-order valence-corrected chi connectivity index (χ1v) is 6.90. The second-order valence-corrected chi connectivity index (χ2v) is 4.79. The lowest BCUT2D eigenvalue weighted by Gasteiger charge is -2.12. The maximum absolute atomic E-state index is 5.60. The Labute approximate surface area is 120 Å². The zero-order valence-corrected chi connectivity index (χ0v) is 11.8. The molecule has 1 aliphatic carbocycles. The van der Waals surface area contributed by atoms with Crippen LogP contribution >= 0.6 is 0 Å². The van der Waals surface area contributed by atoms with Gasteiger partial charge in [0.2, 0.25) is 0 Å². The second kappa shape index (κ2) is 7.46. The molecule has 1 unspecified atom stereocenters. The number of hydrogen-bond donors (Lipinski definition) is 2. The number of aliphatic imine (C=N–C) groups is 1. The van der Waals surface area contributed by atoms with Crippen molar-refractivity contribution in [3.8, 4) is 0 Å². The van der Waals surface area contributed by atoms with Crippen LogP contribution in [0.5, 0.6) is 0 Å². The van der Waals surface area contributed by atoms with Crippen LogP contribution in [0.2, 0.25) is 0 Å². The highest BCUT2D eigenvalue weighted by Gasteiger charge is 2.07. The van der Waals surface area contributed by atoms with Crippen molar-refractivity contribution in [2.45, 2.75) is 25.8 Å². The fourth-order valence-electron chi connectivity index (χ4n) is 2.11. The van der Waals surface area contributed by atoms with Gasteiger partial charge >= 0.3 is 0 Å². The molecule has 3 N–H and O–H groups in total. The van der Waals surface area contributed by atoms with Gasteiger partial charge in [-0.05, 0) is 24.5 Å². The van der Waals surface area contributed by atoms with Gasteiger partial charge in [0.1, 0.15) is 5.84 Å². The minimum absolute atomic E-state index is 0.0868. The van der Waals surface area contributed by atoms with Gasteiger partial charge in [-0.15, -0.1) is 0 Å². The minimum atomic E-state index is 0.0868. The third-order valence-corrected chi connectivity index (χ3v) is 3.22. The average molecular weight is 267 g/mol. The Balaban J connectivity index is 2.10. The molecule has 0 fully saturated rings. The molecular formula is C17H21N3. The molecular weight excluding hydrogens is 246 g/mol. The molecule has 1 aromatic rings. The lowest BCUT2D eigenvalue weighted by Crippen LogP contribution is -2.33. The SMILES string of the molecule is CC(N=C(Cc1ccccc1)NN)C1=CC=CCC=C1. The molecule has 1 atom stereocenters. The van der Waals surface area contributed by atoms with Crippen LogP contribution in [0, 0.1) is 0 Å². The van der Waals surface area contributed by atoms with Gasteiger partial charge in [-0.3, -0.25) is 4.99 Å². The first-order valence-electron chi connectivity index (χ1n) is 6.90. The number of nitrogens with two attached hydrogens (primary N) is 1. The Morgan fingerprint density at radius 3 is 2.85 bits per heavy atom. The zero-order chi connectivity index (χ0) is 14.2. The van der Waals surface area contributed by atoms with Crippen molar-refractivity contribution in [2.75, 3.05) is 0 Å². The van der Waals surface area contributed by atoms with Crippen LogP contribution in [0.25, 0.3) is 0 Å². The third-order valence-electron chi connectivity index (χ3n) is 3.22. The van der Waals surface area contributed by atoms with Crippen LogP contribution in [0.15, 0.2) is 71.3 Å². The molecule has 0 aromatic heterocycles.